The van der Waals surface area contributed by atoms with Crippen LogP contribution in [0.3, 0.4) is 0 Å². The maximum atomic E-state index is 3.33. The Bertz CT molecular complexity index is 384. The predicted molar refractivity (Wildman–Crippen MR) is 82.6 cm³/mol. The number of unbranched alkanes of at least 4 members (excludes halogenated alkanes) is 6. The number of rotatable bonds is 7. The standard InChI is InChI=1S/C17H24Se/c1-3-4-5-6-7-8-9-10-13-16-14-11-12-15-17(16)18-2/h11-12,14-15H,3-9H2,1-2H3. The van der Waals surface area contributed by atoms with Gasteiger partial charge in [-0.05, 0) is 0 Å². The van der Waals surface area contributed by atoms with Crippen LogP contribution in [0.5, 0.6) is 0 Å². The molecule has 1 aromatic rings. The minimum absolute atomic E-state index is 0.547. The van der Waals surface area contributed by atoms with Crippen LogP contribution in [0.1, 0.15) is 57.4 Å². The van der Waals surface area contributed by atoms with Crippen molar-refractivity contribution in [3.63, 3.8) is 0 Å². The molecule has 0 saturated carbocycles. The first-order valence-corrected chi connectivity index (χ1v) is 9.57. The molecule has 98 valence electrons. The van der Waals surface area contributed by atoms with Gasteiger partial charge in [-0.2, -0.15) is 0 Å². The van der Waals surface area contributed by atoms with Crippen LogP contribution in [0.2, 0.25) is 5.82 Å². The zero-order valence-electron chi connectivity index (χ0n) is 11.7. The topological polar surface area (TPSA) is 0 Å². The second-order valence-electron chi connectivity index (χ2n) is 4.52. The van der Waals surface area contributed by atoms with Gasteiger partial charge in [0.2, 0.25) is 0 Å². The Labute approximate surface area is 119 Å². The number of hydrogen-bond donors (Lipinski definition) is 0. The van der Waals surface area contributed by atoms with Crippen molar-refractivity contribution in [2.45, 2.75) is 57.7 Å². The zero-order valence-corrected chi connectivity index (χ0v) is 13.4. The maximum absolute atomic E-state index is 3.33. The predicted octanol–water partition coefficient (Wildman–Crippen LogP) is 4.17. The Morgan fingerprint density at radius 3 is 2.50 bits per heavy atom. The first kappa shape index (κ1) is 15.4. The molecule has 0 spiro atoms. The van der Waals surface area contributed by atoms with Crippen LogP contribution < -0.4 is 4.46 Å². The Hall–Kier alpha value is -0.701. The molecule has 0 atom stereocenters. The summed E-state index contributed by atoms with van der Waals surface area (Å²) in [6, 6.07) is 8.55. The summed E-state index contributed by atoms with van der Waals surface area (Å²) in [6.45, 7) is 2.26. The van der Waals surface area contributed by atoms with E-state index in [4.69, 9.17) is 0 Å². The van der Waals surface area contributed by atoms with Gasteiger partial charge in [-0.15, -0.1) is 0 Å². The first-order valence-electron chi connectivity index (χ1n) is 7.00. The molecular weight excluding hydrogens is 283 g/mol. The fourth-order valence-corrected chi connectivity index (χ4v) is 3.06. The van der Waals surface area contributed by atoms with Crippen molar-refractivity contribution in [3.8, 4) is 11.8 Å². The third-order valence-corrected chi connectivity index (χ3v) is 4.66. The van der Waals surface area contributed by atoms with E-state index < -0.39 is 0 Å². The van der Waals surface area contributed by atoms with Gasteiger partial charge in [0.05, 0.1) is 0 Å². The van der Waals surface area contributed by atoms with Crippen LogP contribution in [0.4, 0.5) is 0 Å². The van der Waals surface area contributed by atoms with E-state index in [1.165, 1.54) is 48.6 Å². The van der Waals surface area contributed by atoms with Gasteiger partial charge >= 0.3 is 119 Å². The van der Waals surface area contributed by atoms with Gasteiger partial charge in [-0.3, -0.25) is 0 Å². The molecular formula is C17H24Se. The van der Waals surface area contributed by atoms with Crippen LogP contribution in [-0.4, -0.2) is 15.0 Å². The summed E-state index contributed by atoms with van der Waals surface area (Å²) in [4.78, 5) is 0. The molecule has 0 aliphatic heterocycles. The molecule has 18 heavy (non-hydrogen) atoms. The quantitative estimate of drug-likeness (QED) is 0.403. The molecule has 0 nitrogen and oxygen atoms in total. The average molecular weight is 307 g/mol. The van der Waals surface area contributed by atoms with E-state index >= 15 is 0 Å². The van der Waals surface area contributed by atoms with Crippen LogP contribution >= 0.6 is 0 Å². The summed E-state index contributed by atoms with van der Waals surface area (Å²) < 4.78 is 1.43. The summed E-state index contributed by atoms with van der Waals surface area (Å²) in [6.07, 6.45) is 9.14. The molecule has 0 unspecified atom stereocenters. The summed E-state index contributed by atoms with van der Waals surface area (Å²) in [7, 11) is 0. The van der Waals surface area contributed by atoms with Crippen molar-refractivity contribution in [1.82, 2.24) is 0 Å². The summed E-state index contributed by atoms with van der Waals surface area (Å²) >= 11 is 0.547. The Morgan fingerprint density at radius 1 is 1.00 bits per heavy atom. The van der Waals surface area contributed by atoms with Crippen molar-refractivity contribution in [2.24, 2.45) is 0 Å². The van der Waals surface area contributed by atoms with Crippen molar-refractivity contribution >= 4 is 19.4 Å². The van der Waals surface area contributed by atoms with Crippen LogP contribution in [-0.2, 0) is 0 Å². The molecule has 0 saturated heterocycles. The Kier molecular flexibility index (Phi) is 8.74. The molecule has 0 N–H and O–H groups in total. The Balaban J connectivity index is 2.25. The van der Waals surface area contributed by atoms with Crippen LogP contribution in [0.15, 0.2) is 24.3 Å². The molecule has 0 fully saturated rings. The van der Waals surface area contributed by atoms with Gasteiger partial charge in [-0.25, -0.2) is 0 Å². The normalized spacial score (nSPS) is 9.89. The molecule has 0 aliphatic rings. The fourth-order valence-electron chi connectivity index (χ4n) is 1.90. The molecule has 0 aromatic heterocycles. The SMILES string of the molecule is CCCCCCCCC#Cc1ccccc1[Se]C. The second kappa shape index (κ2) is 10.2. The molecule has 1 heteroatoms. The van der Waals surface area contributed by atoms with Crippen molar-refractivity contribution in [1.29, 1.82) is 0 Å². The molecule has 1 rings (SSSR count). The minimum atomic E-state index is 0.547. The van der Waals surface area contributed by atoms with E-state index in [-0.39, 0.29) is 0 Å². The molecule has 0 bridgehead atoms. The molecule has 1 aromatic carbocycles. The van der Waals surface area contributed by atoms with Crippen molar-refractivity contribution in [2.75, 3.05) is 0 Å². The van der Waals surface area contributed by atoms with E-state index in [9.17, 15) is 0 Å². The van der Waals surface area contributed by atoms with Gasteiger partial charge < -0.3 is 0 Å². The third kappa shape index (κ3) is 6.29. The summed E-state index contributed by atoms with van der Waals surface area (Å²) in [5, 5.41) is 0. The van der Waals surface area contributed by atoms with E-state index in [1.54, 1.807) is 0 Å². The van der Waals surface area contributed by atoms with Gasteiger partial charge in [0.25, 0.3) is 0 Å². The number of benzene rings is 1. The first-order chi connectivity index (χ1) is 8.88. The fraction of sp³-hybridized carbons (Fsp3) is 0.529. The van der Waals surface area contributed by atoms with Crippen molar-refractivity contribution in [3.05, 3.63) is 29.8 Å². The van der Waals surface area contributed by atoms with E-state index in [1.807, 2.05) is 0 Å². The molecule has 0 amide bonds. The Morgan fingerprint density at radius 2 is 1.72 bits per heavy atom. The van der Waals surface area contributed by atoms with E-state index in [0.29, 0.717) is 15.0 Å². The van der Waals surface area contributed by atoms with Gasteiger partial charge in [0, 0.05) is 0 Å². The monoisotopic (exact) mass is 308 g/mol. The van der Waals surface area contributed by atoms with Gasteiger partial charge in [-0.1, -0.05) is 0 Å². The molecule has 0 heterocycles. The van der Waals surface area contributed by atoms with Crippen LogP contribution in [0, 0.1) is 11.8 Å². The second-order valence-corrected chi connectivity index (χ2v) is 6.30. The van der Waals surface area contributed by atoms with Crippen LogP contribution in [0.25, 0.3) is 0 Å². The molecule has 0 radical (unpaired) electrons. The van der Waals surface area contributed by atoms with E-state index in [2.05, 4.69) is 48.9 Å². The average Bonchev–Trinajstić information content (AvgIpc) is 2.42. The van der Waals surface area contributed by atoms with E-state index in [0.717, 1.165) is 6.42 Å². The van der Waals surface area contributed by atoms with Crippen molar-refractivity contribution < 1.29 is 0 Å². The third-order valence-electron chi connectivity index (χ3n) is 2.99. The molecule has 0 aliphatic carbocycles. The van der Waals surface area contributed by atoms with Gasteiger partial charge in [0.1, 0.15) is 0 Å². The van der Waals surface area contributed by atoms with Gasteiger partial charge in [0.15, 0.2) is 0 Å². The summed E-state index contributed by atoms with van der Waals surface area (Å²) in [5.74, 6) is 8.91. The summed E-state index contributed by atoms with van der Waals surface area (Å²) in [5.41, 5.74) is 1.24. The number of hydrogen-bond acceptors (Lipinski definition) is 0. The zero-order chi connectivity index (χ0) is 13.1.